The molecule has 0 bridgehead atoms. The highest BCUT2D eigenvalue weighted by Crippen LogP contribution is 2.25. The molecule has 1 aliphatic rings. The first-order valence-corrected chi connectivity index (χ1v) is 4.22. The van der Waals surface area contributed by atoms with E-state index in [0.717, 1.165) is 6.42 Å². The predicted molar refractivity (Wildman–Crippen MR) is 43.6 cm³/mol. The second-order valence-electron chi connectivity index (χ2n) is 3.36. The van der Waals surface area contributed by atoms with Gasteiger partial charge in [-0.25, -0.2) is 0 Å². The Morgan fingerprint density at radius 3 is 2.50 bits per heavy atom. The minimum atomic E-state index is -0.833. The minimum Gasteiger partial charge on any atom is -0.480 e. The van der Waals surface area contributed by atoms with Crippen molar-refractivity contribution in [1.82, 2.24) is 4.90 Å². The van der Waals surface area contributed by atoms with Crippen LogP contribution in [0.25, 0.3) is 0 Å². The molecule has 1 fully saturated rings. The van der Waals surface area contributed by atoms with E-state index in [-0.39, 0.29) is 6.04 Å². The van der Waals surface area contributed by atoms with Crippen LogP contribution in [0.4, 0.5) is 0 Å². The fourth-order valence-corrected chi connectivity index (χ4v) is 1.88. The van der Waals surface area contributed by atoms with Crippen molar-refractivity contribution in [3.63, 3.8) is 0 Å². The molecule has 2 N–H and O–H groups in total. The normalized spacial score (nSPS) is 33.6. The van der Waals surface area contributed by atoms with Crippen LogP contribution in [0.3, 0.4) is 0 Å². The van der Waals surface area contributed by atoms with Crippen LogP contribution in [0.15, 0.2) is 0 Å². The summed E-state index contributed by atoms with van der Waals surface area (Å²) >= 11 is 0. The third kappa shape index (κ3) is 1.59. The lowest BCUT2D eigenvalue weighted by molar-refractivity contribution is -0.146. The third-order valence-electron chi connectivity index (χ3n) is 2.44. The van der Waals surface area contributed by atoms with E-state index >= 15 is 0 Å². The first kappa shape index (κ1) is 9.48. The molecule has 4 nitrogen and oxygen atoms in total. The van der Waals surface area contributed by atoms with Crippen LogP contribution in [0.2, 0.25) is 0 Å². The van der Waals surface area contributed by atoms with Gasteiger partial charge in [-0.1, -0.05) is 0 Å². The Balaban J connectivity index is 2.70. The molecule has 4 heteroatoms. The van der Waals surface area contributed by atoms with E-state index in [4.69, 9.17) is 5.11 Å². The molecule has 1 rings (SSSR count). The predicted octanol–water partition coefficient (Wildman–Crippen LogP) is 0.262. The molecule has 0 radical (unpaired) electrons. The van der Waals surface area contributed by atoms with Gasteiger partial charge in [-0.15, -0.1) is 0 Å². The SMILES string of the molecule is CC(O)N1C(C)CCC1C(=O)O. The molecular formula is C8H15NO3. The zero-order chi connectivity index (χ0) is 9.30. The van der Waals surface area contributed by atoms with Crippen molar-refractivity contribution >= 4 is 5.97 Å². The quantitative estimate of drug-likeness (QED) is 0.629. The average molecular weight is 173 g/mol. The Morgan fingerprint density at radius 1 is 1.58 bits per heavy atom. The molecule has 1 heterocycles. The molecule has 0 spiro atoms. The van der Waals surface area contributed by atoms with Crippen molar-refractivity contribution in [3.8, 4) is 0 Å². The first-order valence-electron chi connectivity index (χ1n) is 4.22. The highest BCUT2D eigenvalue weighted by Gasteiger charge is 2.37. The van der Waals surface area contributed by atoms with Gasteiger partial charge in [0.15, 0.2) is 0 Å². The van der Waals surface area contributed by atoms with Gasteiger partial charge in [-0.2, -0.15) is 0 Å². The summed E-state index contributed by atoms with van der Waals surface area (Å²) < 4.78 is 0. The summed E-state index contributed by atoms with van der Waals surface area (Å²) in [6.07, 6.45) is 0.826. The van der Waals surface area contributed by atoms with Crippen molar-refractivity contribution in [2.24, 2.45) is 0 Å². The van der Waals surface area contributed by atoms with Crippen molar-refractivity contribution in [1.29, 1.82) is 0 Å². The lowest BCUT2D eigenvalue weighted by Gasteiger charge is -2.28. The smallest absolute Gasteiger partial charge is 0.321 e. The Labute approximate surface area is 71.8 Å². The Kier molecular flexibility index (Phi) is 2.69. The molecule has 3 atom stereocenters. The molecule has 0 aliphatic carbocycles. The molecule has 1 aliphatic heterocycles. The zero-order valence-corrected chi connectivity index (χ0v) is 7.40. The fourth-order valence-electron chi connectivity index (χ4n) is 1.88. The summed E-state index contributed by atoms with van der Waals surface area (Å²) in [6, 6.07) is -0.328. The Hall–Kier alpha value is -0.610. The molecule has 0 aromatic heterocycles. The minimum absolute atomic E-state index is 0.172. The second kappa shape index (κ2) is 3.41. The van der Waals surface area contributed by atoms with Gasteiger partial charge in [-0.05, 0) is 26.7 Å². The first-order chi connectivity index (χ1) is 5.54. The van der Waals surface area contributed by atoms with Crippen molar-refractivity contribution in [3.05, 3.63) is 0 Å². The Bertz CT molecular complexity index is 181. The number of rotatable bonds is 2. The molecule has 0 amide bonds. The van der Waals surface area contributed by atoms with Gasteiger partial charge in [0, 0.05) is 6.04 Å². The number of aliphatic hydroxyl groups excluding tert-OH is 1. The summed E-state index contributed by atoms with van der Waals surface area (Å²) in [6.45, 7) is 3.55. The molecule has 0 aromatic carbocycles. The average Bonchev–Trinajstić information content (AvgIpc) is 2.30. The number of carboxylic acid groups (broad SMARTS) is 1. The number of carbonyl (C=O) groups is 1. The highest BCUT2D eigenvalue weighted by atomic mass is 16.4. The number of nitrogens with zero attached hydrogens (tertiary/aromatic N) is 1. The standard InChI is InChI=1S/C8H15NO3/c1-5-3-4-7(8(11)12)9(5)6(2)10/h5-7,10H,3-4H2,1-2H3,(H,11,12). The van der Waals surface area contributed by atoms with Gasteiger partial charge in [0.2, 0.25) is 0 Å². The van der Waals surface area contributed by atoms with Crippen molar-refractivity contribution in [2.45, 2.75) is 45.0 Å². The molecular weight excluding hydrogens is 158 g/mol. The van der Waals surface area contributed by atoms with E-state index in [1.54, 1.807) is 11.8 Å². The fraction of sp³-hybridized carbons (Fsp3) is 0.875. The maximum atomic E-state index is 10.7. The summed E-state index contributed by atoms with van der Waals surface area (Å²) in [4.78, 5) is 12.4. The number of aliphatic carboxylic acids is 1. The summed E-state index contributed by atoms with van der Waals surface area (Å²) in [5.41, 5.74) is 0. The van der Waals surface area contributed by atoms with Gasteiger partial charge in [0.25, 0.3) is 0 Å². The molecule has 12 heavy (non-hydrogen) atoms. The molecule has 0 aromatic rings. The van der Waals surface area contributed by atoms with Crippen LogP contribution < -0.4 is 0 Å². The monoisotopic (exact) mass is 173 g/mol. The molecule has 0 saturated carbocycles. The van der Waals surface area contributed by atoms with Crippen LogP contribution in [-0.4, -0.2) is 39.4 Å². The molecule has 70 valence electrons. The van der Waals surface area contributed by atoms with E-state index in [1.165, 1.54) is 0 Å². The summed E-state index contributed by atoms with van der Waals surface area (Å²) in [5.74, 6) is -0.833. The Morgan fingerprint density at radius 2 is 2.17 bits per heavy atom. The highest BCUT2D eigenvalue weighted by molar-refractivity contribution is 5.73. The van der Waals surface area contributed by atoms with E-state index in [1.807, 2.05) is 6.92 Å². The topological polar surface area (TPSA) is 60.8 Å². The number of hydrogen-bond acceptors (Lipinski definition) is 3. The van der Waals surface area contributed by atoms with Crippen LogP contribution >= 0.6 is 0 Å². The number of aliphatic hydroxyl groups is 1. The van der Waals surface area contributed by atoms with Crippen LogP contribution in [0.5, 0.6) is 0 Å². The lowest BCUT2D eigenvalue weighted by atomic mass is 10.2. The van der Waals surface area contributed by atoms with Gasteiger partial charge in [0.05, 0.1) is 0 Å². The van der Waals surface area contributed by atoms with E-state index < -0.39 is 18.2 Å². The summed E-state index contributed by atoms with van der Waals surface area (Å²) in [5, 5.41) is 18.1. The maximum Gasteiger partial charge on any atom is 0.321 e. The van der Waals surface area contributed by atoms with E-state index in [0.29, 0.717) is 6.42 Å². The van der Waals surface area contributed by atoms with Crippen LogP contribution in [0, 0.1) is 0 Å². The van der Waals surface area contributed by atoms with Gasteiger partial charge in [0.1, 0.15) is 12.3 Å². The number of carboxylic acids is 1. The van der Waals surface area contributed by atoms with Gasteiger partial charge < -0.3 is 10.2 Å². The molecule has 3 unspecified atom stereocenters. The van der Waals surface area contributed by atoms with Crippen molar-refractivity contribution < 1.29 is 15.0 Å². The maximum absolute atomic E-state index is 10.7. The lowest BCUT2D eigenvalue weighted by Crippen LogP contribution is -2.45. The van der Waals surface area contributed by atoms with E-state index in [9.17, 15) is 9.90 Å². The van der Waals surface area contributed by atoms with Gasteiger partial charge >= 0.3 is 5.97 Å². The van der Waals surface area contributed by atoms with Crippen LogP contribution in [0.1, 0.15) is 26.7 Å². The van der Waals surface area contributed by atoms with Crippen molar-refractivity contribution in [2.75, 3.05) is 0 Å². The van der Waals surface area contributed by atoms with Crippen LogP contribution in [-0.2, 0) is 4.79 Å². The third-order valence-corrected chi connectivity index (χ3v) is 2.44. The van der Waals surface area contributed by atoms with Gasteiger partial charge in [-0.3, -0.25) is 9.69 Å². The largest absolute Gasteiger partial charge is 0.480 e. The van der Waals surface area contributed by atoms with E-state index in [2.05, 4.69) is 0 Å². The molecule has 1 saturated heterocycles. The number of hydrogen-bond donors (Lipinski definition) is 2. The second-order valence-corrected chi connectivity index (χ2v) is 3.36. The summed E-state index contributed by atoms with van der Waals surface area (Å²) in [7, 11) is 0. The number of likely N-dealkylation sites (tertiary alicyclic amines) is 1. The zero-order valence-electron chi connectivity index (χ0n) is 7.40.